The number of nitrogens with one attached hydrogen (secondary N) is 3. The fourth-order valence-electron chi connectivity index (χ4n) is 3.99. The summed E-state index contributed by atoms with van der Waals surface area (Å²) in [6, 6.07) is 3.67. The van der Waals surface area contributed by atoms with E-state index in [4.69, 9.17) is 9.72 Å². The van der Waals surface area contributed by atoms with Crippen LogP contribution in [-0.4, -0.2) is 51.6 Å². The molecule has 2 aromatic heterocycles. The average molecular weight is 498 g/mol. The lowest BCUT2D eigenvalue weighted by atomic mass is 9.92. The molecule has 0 saturated carbocycles. The Kier molecular flexibility index (Phi) is 8.70. The van der Waals surface area contributed by atoms with Crippen molar-refractivity contribution in [2.75, 3.05) is 30.8 Å². The van der Waals surface area contributed by atoms with Gasteiger partial charge in [-0.3, -0.25) is 14.0 Å². The minimum atomic E-state index is -0.131. The molecular weight excluding hydrogens is 458 g/mol. The third kappa shape index (κ3) is 7.05. The number of amides is 2. The van der Waals surface area contributed by atoms with Crippen LogP contribution in [-0.2, 0) is 9.59 Å². The van der Waals surface area contributed by atoms with Crippen LogP contribution in [0.5, 0.6) is 5.75 Å². The molecule has 3 aromatic rings. The summed E-state index contributed by atoms with van der Waals surface area (Å²) in [5.41, 5.74) is 2.53. The summed E-state index contributed by atoms with van der Waals surface area (Å²) in [6.45, 7) is 13.3. The molecule has 0 radical (unpaired) electrons. The SMILES string of the molecule is COc1cc2nc(NCCCCNC(=O)CC(C)C)c3nnc(C)n3c2cc1NC(=O)CC(C)(C)C. The molecule has 2 amide bonds. The molecule has 196 valence electrons. The van der Waals surface area contributed by atoms with Crippen LogP contribution in [0.15, 0.2) is 12.1 Å². The predicted octanol–water partition coefficient (Wildman–Crippen LogP) is 4.32. The van der Waals surface area contributed by atoms with E-state index in [0.29, 0.717) is 66.1 Å². The Bertz CT molecular complexity index is 1230. The van der Waals surface area contributed by atoms with E-state index in [9.17, 15) is 9.59 Å². The number of aromatic nitrogens is 4. The van der Waals surface area contributed by atoms with Gasteiger partial charge in [-0.1, -0.05) is 34.6 Å². The van der Waals surface area contributed by atoms with Crippen LogP contribution < -0.4 is 20.7 Å². The van der Waals surface area contributed by atoms with Crippen molar-refractivity contribution in [1.82, 2.24) is 24.9 Å². The molecule has 2 heterocycles. The molecule has 0 fully saturated rings. The van der Waals surface area contributed by atoms with Crippen LogP contribution in [0.1, 0.15) is 66.1 Å². The normalized spacial score (nSPS) is 11.8. The smallest absolute Gasteiger partial charge is 0.225 e. The molecule has 36 heavy (non-hydrogen) atoms. The summed E-state index contributed by atoms with van der Waals surface area (Å²) in [5, 5.41) is 17.9. The number of hydrogen-bond donors (Lipinski definition) is 3. The maximum Gasteiger partial charge on any atom is 0.225 e. The van der Waals surface area contributed by atoms with Crippen molar-refractivity contribution < 1.29 is 14.3 Å². The first kappa shape index (κ1) is 27.2. The topological polar surface area (TPSA) is 123 Å². The summed E-state index contributed by atoms with van der Waals surface area (Å²) in [5.74, 6) is 2.24. The van der Waals surface area contributed by atoms with Crippen molar-refractivity contribution in [2.24, 2.45) is 11.3 Å². The van der Waals surface area contributed by atoms with Crippen LogP contribution in [0.3, 0.4) is 0 Å². The van der Waals surface area contributed by atoms with Crippen molar-refractivity contribution in [3.63, 3.8) is 0 Å². The molecule has 0 atom stereocenters. The highest BCUT2D eigenvalue weighted by molar-refractivity contribution is 5.96. The molecule has 3 N–H and O–H groups in total. The van der Waals surface area contributed by atoms with Gasteiger partial charge in [-0.05, 0) is 37.2 Å². The number of carbonyl (C=O) groups excluding carboxylic acids is 2. The molecule has 0 aliphatic heterocycles. The highest BCUT2D eigenvalue weighted by atomic mass is 16.5. The zero-order valence-corrected chi connectivity index (χ0v) is 22.5. The number of carbonyl (C=O) groups is 2. The first-order valence-corrected chi connectivity index (χ1v) is 12.5. The molecule has 0 aliphatic carbocycles. The molecule has 10 nitrogen and oxygen atoms in total. The molecule has 0 bridgehead atoms. The second kappa shape index (κ2) is 11.5. The first-order valence-electron chi connectivity index (χ1n) is 12.5. The summed E-state index contributed by atoms with van der Waals surface area (Å²) in [4.78, 5) is 29.2. The largest absolute Gasteiger partial charge is 0.494 e. The van der Waals surface area contributed by atoms with E-state index in [0.717, 1.165) is 18.4 Å². The lowest BCUT2D eigenvalue weighted by molar-refractivity contribution is -0.121. The fourth-order valence-corrected chi connectivity index (χ4v) is 3.99. The molecular formula is C26H39N7O3. The Hall–Kier alpha value is -3.43. The van der Waals surface area contributed by atoms with Crippen molar-refractivity contribution in [1.29, 1.82) is 0 Å². The molecule has 1 aromatic carbocycles. The lowest BCUT2D eigenvalue weighted by Crippen LogP contribution is -2.25. The quantitative estimate of drug-likeness (QED) is 0.337. The Balaban J connectivity index is 1.78. The van der Waals surface area contributed by atoms with Gasteiger partial charge in [0, 0.05) is 32.0 Å². The fraction of sp³-hybridized carbons (Fsp3) is 0.577. The molecule has 3 rings (SSSR count). The van der Waals surface area contributed by atoms with Gasteiger partial charge in [0.25, 0.3) is 0 Å². The van der Waals surface area contributed by atoms with Crippen molar-refractivity contribution >= 4 is 40.0 Å². The molecule has 0 saturated heterocycles. The zero-order valence-electron chi connectivity index (χ0n) is 22.5. The van der Waals surface area contributed by atoms with E-state index < -0.39 is 0 Å². The predicted molar refractivity (Wildman–Crippen MR) is 142 cm³/mol. The minimum Gasteiger partial charge on any atom is -0.494 e. The summed E-state index contributed by atoms with van der Waals surface area (Å²) >= 11 is 0. The van der Waals surface area contributed by atoms with E-state index >= 15 is 0 Å². The number of fused-ring (bicyclic) bond motifs is 3. The summed E-state index contributed by atoms with van der Waals surface area (Å²) in [7, 11) is 1.57. The summed E-state index contributed by atoms with van der Waals surface area (Å²) in [6.07, 6.45) is 2.66. The second-order valence-electron chi connectivity index (χ2n) is 10.8. The van der Waals surface area contributed by atoms with Gasteiger partial charge in [-0.2, -0.15) is 0 Å². The van der Waals surface area contributed by atoms with Crippen molar-refractivity contribution in [3.05, 3.63) is 18.0 Å². The maximum absolute atomic E-state index is 12.6. The summed E-state index contributed by atoms with van der Waals surface area (Å²) < 4.78 is 7.49. The zero-order chi connectivity index (χ0) is 26.5. The Morgan fingerprint density at radius 3 is 2.47 bits per heavy atom. The number of aryl methyl sites for hydroxylation is 1. The van der Waals surface area contributed by atoms with Crippen molar-refractivity contribution in [3.8, 4) is 5.75 Å². The van der Waals surface area contributed by atoms with Gasteiger partial charge in [0.1, 0.15) is 11.6 Å². The van der Waals surface area contributed by atoms with E-state index in [1.54, 1.807) is 7.11 Å². The third-order valence-corrected chi connectivity index (χ3v) is 5.58. The van der Waals surface area contributed by atoms with Gasteiger partial charge >= 0.3 is 0 Å². The minimum absolute atomic E-state index is 0.0801. The highest BCUT2D eigenvalue weighted by Gasteiger charge is 2.20. The van der Waals surface area contributed by atoms with Gasteiger partial charge in [0.2, 0.25) is 17.5 Å². The maximum atomic E-state index is 12.6. The van der Waals surface area contributed by atoms with E-state index in [-0.39, 0.29) is 17.2 Å². The average Bonchev–Trinajstić information content (AvgIpc) is 3.16. The van der Waals surface area contributed by atoms with Crippen LogP contribution in [0.4, 0.5) is 11.5 Å². The Morgan fingerprint density at radius 1 is 1.08 bits per heavy atom. The van der Waals surface area contributed by atoms with Gasteiger partial charge < -0.3 is 20.7 Å². The molecule has 0 unspecified atom stereocenters. The number of anilines is 2. The van der Waals surface area contributed by atoms with E-state index in [1.165, 1.54) is 0 Å². The number of hydrogen-bond acceptors (Lipinski definition) is 7. The first-order chi connectivity index (χ1) is 17.0. The highest BCUT2D eigenvalue weighted by Crippen LogP contribution is 2.32. The van der Waals surface area contributed by atoms with E-state index in [2.05, 4.69) is 26.1 Å². The van der Waals surface area contributed by atoms with Gasteiger partial charge in [-0.15, -0.1) is 10.2 Å². The van der Waals surface area contributed by atoms with Crippen LogP contribution in [0.25, 0.3) is 16.7 Å². The molecule has 10 heteroatoms. The standard InChI is InChI=1S/C26H39N7O3/c1-16(2)12-22(34)27-10-8-9-11-28-24-25-32-31-17(3)33(25)20-13-19(21(36-7)14-18(20)30-24)29-23(35)15-26(4,5)6/h13-14,16H,8-12,15H2,1-7H3,(H,27,34)(H,28,30)(H,29,35). The third-order valence-electron chi connectivity index (χ3n) is 5.58. The monoisotopic (exact) mass is 497 g/mol. The van der Waals surface area contributed by atoms with Crippen molar-refractivity contribution in [2.45, 2.75) is 67.2 Å². The van der Waals surface area contributed by atoms with Crippen LogP contribution in [0.2, 0.25) is 0 Å². The van der Waals surface area contributed by atoms with Crippen LogP contribution >= 0.6 is 0 Å². The van der Waals surface area contributed by atoms with E-state index in [1.807, 2.05) is 58.1 Å². The lowest BCUT2D eigenvalue weighted by Gasteiger charge is -2.19. The number of methoxy groups -OCH3 is 1. The van der Waals surface area contributed by atoms with Gasteiger partial charge in [0.05, 0.1) is 23.8 Å². The van der Waals surface area contributed by atoms with Gasteiger partial charge in [0.15, 0.2) is 5.82 Å². The number of ether oxygens (including phenoxy) is 1. The number of nitrogens with zero attached hydrogens (tertiary/aromatic N) is 4. The Labute approximate surface area is 212 Å². The molecule has 0 spiro atoms. The number of benzene rings is 1. The Morgan fingerprint density at radius 2 is 1.81 bits per heavy atom. The van der Waals surface area contributed by atoms with Crippen LogP contribution in [0, 0.1) is 18.3 Å². The molecule has 0 aliphatic rings. The number of rotatable bonds is 11. The number of unbranched alkanes of at least 4 members (excludes halogenated alkanes) is 1. The van der Waals surface area contributed by atoms with Gasteiger partial charge in [-0.25, -0.2) is 4.98 Å². The second-order valence-corrected chi connectivity index (χ2v) is 10.8.